The molecule has 94 valence electrons. The van der Waals surface area contributed by atoms with Gasteiger partial charge in [0.2, 0.25) is 0 Å². The summed E-state index contributed by atoms with van der Waals surface area (Å²) in [5.74, 6) is 0.386. The van der Waals surface area contributed by atoms with Crippen LogP contribution in [0, 0.1) is 6.92 Å². The van der Waals surface area contributed by atoms with Gasteiger partial charge in [-0.15, -0.1) is 0 Å². The summed E-state index contributed by atoms with van der Waals surface area (Å²) in [7, 11) is 1.54. The van der Waals surface area contributed by atoms with Gasteiger partial charge in [-0.2, -0.15) is 0 Å². The number of benzene rings is 1. The molecule has 4 nitrogen and oxygen atoms in total. The van der Waals surface area contributed by atoms with Crippen molar-refractivity contribution >= 4 is 5.91 Å². The van der Waals surface area contributed by atoms with E-state index in [-0.39, 0.29) is 5.91 Å². The van der Waals surface area contributed by atoms with Crippen molar-refractivity contribution in [3.8, 4) is 5.75 Å². The zero-order valence-electron chi connectivity index (χ0n) is 10.5. The van der Waals surface area contributed by atoms with Crippen molar-refractivity contribution in [3.63, 3.8) is 0 Å². The lowest BCUT2D eigenvalue weighted by Crippen LogP contribution is -2.26. The van der Waals surface area contributed by atoms with Crippen molar-refractivity contribution in [3.05, 3.63) is 29.3 Å². The molecule has 0 aliphatic carbocycles. The van der Waals surface area contributed by atoms with Gasteiger partial charge < -0.3 is 15.2 Å². The average molecular weight is 237 g/mol. The van der Waals surface area contributed by atoms with E-state index in [1.165, 1.54) is 7.11 Å². The van der Waals surface area contributed by atoms with Gasteiger partial charge in [0.15, 0.2) is 0 Å². The molecule has 0 bridgehead atoms. The lowest BCUT2D eigenvalue weighted by atomic mass is 10.1. The van der Waals surface area contributed by atoms with Crippen LogP contribution in [-0.2, 0) is 0 Å². The van der Waals surface area contributed by atoms with Gasteiger partial charge in [-0.05, 0) is 32.4 Å². The molecule has 1 amide bonds. The maximum absolute atomic E-state index is 11.9. The van der Waals surface area contributed by atoms with Crippen molar-refractivity contribution in [1.29, 1.82) is 0 Å². The van der Waals surface area contributed by atoms with Crippen LogP contribution in [-0.4, -0.2) is 30.8 Å². The number of rotatable bonds is 5. The van der Waals surface area contributed by atoms with Crippen molar-refractivity contribution in [2.75, 3.05) is 13.7 Å². The van der Waals surface area contributed by atoms with Crippen molar-refractivity contribution in [2.24, 2.45) is 0 Å². The Balaban J connectivity index is 2.70. The number of aliphatic hydroxyl groups is 1. The quantitative estimate of drug-likeness (QED) is 0.816. The van der Waals surface area contributed by atoms with Crippen LogP contribution < -0.4 is 10.1 Å². The van der Waals surface area contributed by atoms with Gasteiger partial charge in [-0.3, -0.25) is 4.79 Å². The Morgan fingerprint density at radius 3 is 2.82 bits per heavy atom. The Morgan fingerprint density at radius 1 is 1.53 bits per heavy atom. The van der Waals surface area contributed by atoms with E-state index in [4.69, 9.17) is 9.84 Å². The Kier molecular flexibility index (Phi) is 4.97. The van der Waals surface area contributed by atoms with Gasteiger partial charge in [0.05, 0.1) is 18.8 Å². The fraction of sp³-hybridized carbons (Fsp3) is 0.462. The summed E-state index contributed by atoms with van der Waals surface area (Å²) in [4.78, 5) is 11.9. The molecule has 1 aromatic rings. The molecule has 1 rings (SSSR count). The molecule has 1 unspecified atom stereocenters. The number of carbonyl (C=O) groups is 1. The highest BCUT2D eigenvalue weighted by atomic mass is 16.5. The summed E-state index contributed by atoms with van der Waals surface area (Å²) in [6.07, 6.45) is 0.134. The summed E-state index contributed by atoms with van der Waals surface area (Å²) in [6, 6.07) is 5.46. The number of aliphatic hydroxyl groups excluding tert-OH is 1. The first-order valence-electron chi connectivity index (χ1n) is 5.65. The van der Waals surface area contributed by atoms with E-state index in [1.54, 1.807) is 19.1 Å². The summed E-state index contributed by atoms with van der Waals surface area (Å²) in [5, 5.41) is 11.9. The van der Waals surface area contributed by atoms with E-state index in [0.29, 0.717) is 24.3 Å². The number of carbonyl (C=O) groups excluding carboxylic acids is 1. The molecule has 0 radical (unpaired) electrons. The second-order valence-corrected chi connectivity index (χ2v) is 4.10. The zero-order valence-corrected chi connectivity index (χ0v) is 10.5. The third-order valence-electron chi connectivity index (χ3n) is 2.45. The zero-order chi connectivity index (χ0) is 12.8. The highest BCUT2D eigenvalue weighted by Gasteiger charge is 2.11. The van der Waals surface area contributed by atoms with E-state index < -0.39 is 6.10 Å². The fourth-order valence-electron chi connectivity index (χ4n) is 1.49. The molecule has 4 heteroatoms. The van der Waals surface area contributed by atoms with Crippen LogP contribution in [0.5, 0.6) is 5.75 Å². The van der Waals surface area contributed by atoms with Gasteiger partial charge in [0, 0.05) is 6.54 Å². The predicted molar refractivity (Wildman–Crippen MR) is 66.4 cm³/mol. The van der Waals surface area contributed by atoms with Gasteiger partial charge in [-0.25, -0.2) is 0 Å². The Morgan fingerprint density at radius 2 is 2.24 bits per heavy atom. The minimum Gasteiger partial charge on any atom is -0.496 e. The molecule has 2 N–H and O–H groups in total. The first kappa shape index (κ1) is 13.5. The van der Waals surface area contributed by atoms with Crippen molar-refractivity contribution in [1.82, 2.24) is 5.32 Å². The molecule has 0 saturated heterocycles. The highest BCUT2D eigenvalue weighted by Crippen LogP contribution is 2.19. The molecular formula is C13H19NO3. The minimum absolute atomic E-state index is 0.175. The molecule has 1 atom stereocenters. The molecule has 1 aromatic carbocycles. The Hall–Kier alpha value is -1.55. The molecule has 0 saturated carbocycles. The lowest BCUT2D eigenvalue weighted by Gasteiger charge is -2.10. The maximum atomic E-state index is 11.9. The number of methoxy groups -OCH3 is 1. The molecule has 0 aliphatic rings. The number of hydrogen-bond donors (Lipinski definition) is 2. The number of nitrogens with one attached hydrogen (secondary N) is 1. The van der Waals surface area contributed by atoms with Crippen LogP contribution in [0.25, 0.3) is 0 Å². The van der Waals surface area contributed by atoms with Crippen LogP contribution in [0.1, 0.15) is 29.3 Å². The first-order chi connectivity index (χ1) is 8.04. The summed E-state index contributed by atoms with van der Waals surface area (Å²) in [5.41, 5.74) is 1.53. The summed E-state index contributed by atoms with van der Waals surface area (Å²) >= 11 is 0. The summed E-state index contributed by atoms with van der Waals surface area (Å²) < 4.78 is 5.14. The van der Waals surface area contributed by atoms with Gasteiger partial charge >= 0.3 is 0 Å². The topological polar surface area (TPSA) is 58.6 Å². The third kappa shape index (κ3) is 4.07. The van der Waals surface area contributed by atoms with E-state index in [9.17, 15) is 4.79 Å². The smallest absolute Gasteiger partial charge is 0.255 e. The predicted octanol–water partition coefficient (Wildman–Crippen LogP) is 1.50. The normalized spacial score (nSPS) is 12.0. The number of aryl methyl sites for hydroxylation is 1. The van der Waals surface area contributed by atoms with Crippen molar-refractivity contribution in [2.45, 2.75) is 26.4 Å². The van der Waals surface area contributed by atoms with E-state index in [0.717, 1.165) is 5.56 Å². The monoisotopic (exact) mass is 237 g/mol. The van der Waals surface area contributed by atoms with Crippen LogP contribution in [0.4, 0.5) is 0 Å². The number of amides is 1. The van der Waals surface area contributed by atoms with E-state index in [2.05, 4.69) is 5.32 Å². The fourth-order valence-corrected chi connectivity index (χ4v) is 1.49. The molecule has 0 spiro atoms. The molecule has 17 heavy (non-hydrogen) atoms. The molecule has 0 fully saturated rings. The second kappa shape index (κ2) is 6.25. The largest absolute Gasteiger partial charge is 0.496 e. The highest BCUT2D eigenvalue weighted by molar-refractivity contribution is 5.97. The van der Waals surface area contributed by atoms with Gasteiger partial charge in [0.1, 0.15) is 5.75 Å². The van der Waals surface area contributed by atoms with Crippen LogP contribution in [0.15, 0.2) is 18.2 Å². The van der Waals surface area contributed by atoms with Crippen LogP contribution in [0.3, 0.4) is 0 Å². The second-order valence-electron chi connectivity index (χ2n) is 4.10. The van der Waals surface area contributed by atoms with Crippen molar-refractivity contribution < 1.29 is 14.6 Å². The standard InChI is InChI=1S/C13H19NO3/c1-9-4-5-12(17-3)11(8-9)13(16)14-7-6-10(2)15/h4-5,8,10,15H,6-7H2,1-3H3,(H,14,16). The van der Waals surface area contributed by atoms with Gasteiger partial charge in [-0.1, -0.05) is 11.6 Å². The Labute approximate surface area is 102 Å². The first-order valence-corrected chi connectivity index (χ1v) is 5.65. The summed E-state index contributed by atoms with van der Waals surface area (Å²) in [6.45, 7) is 4.07. The van der Waals surface area contributed by atoms with Crippen LogP contribution in [0.2, 0.25) is 0 Å². The number of hydrogen-bond acceptors (Lipinski definition) is 3. The van der Waals surface area contributed by atoms with Gasteiger partial charge in [0.25, 0.3) is 5.91 Å². The Bertz CT molecular complexity index is 388. The average Bonchev–Trinajstić information content (AvgIpc) is 2.28. The SMILES string of the molecule is COc1ccc(C)cc1C(=O)NCCC(C)O. The third-order valence-corrected chi connectivity index (χ3v) is 2.45. The minimum atomic E-state index is -0.408. The van der Waals surface area contributed by atoms with Crippen LogP contribution >= 0.6 is 0 Å². The van der Waals surface area contributed by atoms with E-state index in [1.807, 2.05) is 13.0 Å². The lowest BCUT2D eigenvalue weighted by molar-refractivity contribution is 0.0942. The molecule has 0 aromatic heterocycles. The van der Waals surface area contributed by atoms with E-state index >= 15 is 0 Å². The molecule has 0 aliphatic heterocycles. The maximum Gasteiger partial charge on any atom is 0.255 e. The molecule has 0 heterocycles. The molecular weight excluding hydrogens is 218 g/mol. The number of ether oxygens (including phenoxy) is 1.